The summed E-state index contributed by atoms with van der Waals surface area (Å²) in [5.74, 6) is -1.66. The average Bonchev–Trinajstić information content (AvgIpc) is 3.32. The molecule has 1 aliphatic heterocycles. The van der Waals surface area contributed by atoms with E-state index in [9.17, 15) is 9.65 Å². The van der Waals surface area contributed by atoms with Crippen molar-refractivity contribution < 1.29 is 13.5 Å². The topological polar surface area (TPSA) is 105 Å². The molecule has 3 aromatic rings. The molecule has 0 saturated carbocycles. The Morgan fingerprint density at radius 2 is 2.03 bits per heavy atom. The van der Waals surface area contributed by atoms with Gasteiger partial charge in [-0.05, 0) is 45.3 Å². The molecule has 0 spiro atoms. The third-order valence-corrected chi connectivity index (χ3v) is 6.25. The lowest BCUT2D eigenvalue weighted by molar-refractivity contribution is 0.165. The summed E-state index contributed by atoms with van der Waals surface area (Å²) in [5, 5.41) is 12.8. The van der Waals surface area contributed by atoms with Crippen molar-refractivity contribution in [2.75, 3.05) is 38.0 Å². The zero-order valence-corrected chi connectivity index (χ0v) is 21.0. The highest BCUT2D eigenvalue weighted by Gasteiger charge is 2.20. The van der Waals surface area contributed by atoms with Gasteiger partial charge in [0.25, 0.3) is 0 Å². The maximum atomic E-state index is 15.0. The second-order valence-electron chi connectivity index (χ2n) is 8.59. The van der Waals surface area contributed by atoms with E-state index < -0.39 is 17.4 Å². The van der Waals surface area contributed by atoms with Gasteiger partial charge < -0.3 is 24.8 Å². The highest BCUT2D eigenvalue weighted by atomic mass is 19.1. The number of fused-ring (bicyclic) bond motifs is 1. The summed E-state index contributed by atoms with van der Waals surface area (Å²) in [6, 6.07) is 4.35. The van der Waals surface area contributed by atoms with Gasteiger partial charge in [-0.3, -0.25) is 0 Å². The average molecular weight is 507 g/mol. The van der Waals surface area contributed by atoms with Crippen molar-refractivity contribution in [2.45, 2.75) is 20.8 Å². The van der Waals surface area contributed by atoms with Crippen LogP contribution in [0.4, 0.5) is 14.6 Å². The summed E-state index contributed by atoms with van der Waals surface area (Å²) in [6.07, 6.45) is 4.80. The smallest absolute Gasteiger partial charge is 0.242 e. The van der Waals surface area contributed by atoms with Gasteiger partial charge in [0.05, 0.1) is 5.52 Å². The van der Waals surface area contributed by atoms with Crippen LogP contribution in [0.1, 0.15) is 25.1 Å². The lowest BCUT2D eigenvalue weighted by Gasteiger charge is -2.35. The number of halogens is 2. The number of allylic oxidation sites excluding steroid dienone is 3. The fraction of sp³-hybridized carbons (Fsp3) is 0.308. The van der Waals surface area contributed by atoms with Crippen molar-refractivity contribution in [1.29, 1.82) is 5.26 Å². The first kappa shape index (κ1) is 25.8. The van der Waals surface area contributed by atoms with E-state index in [1.165, 1.54) is 6.07 Å². The molecule has 9 nitrogen and oxygen atoms in total. The number of H-pyrrole nitrogens is 1. The van der Waals surface area contributed by atoms with Gasteiger partial charge in [0.2, 0.25) is 5.88 Å². The normalized spacial score (nSPS) is 15.1. The number of likely N-dealkylation sites (N-methyl/N-ethyl adjacent to an activating group) is 1. The van der Waals surface area contributed by atoms with Crippen LogP contribution in [-0.2, 0) is 0 Å². The number of rotatable bonds is 8. The Bertz CT molecular complexity index is 1410. The van der Waals surface area contributed by atoms with Gasteiger partial charge in [0.1, 0.15) is 18.2 Å². The van der Waals surface area contributed by atoms with E-state index >= 15 is 4.39 Å². The largest absolute Gasteiger partial charge is 0.434 e. The van der Waals surface area contributed by atoms with Gasteiger partial charge in [-0.15, -0.1) is 0 Å². The minimum atomic E-state index is -0.772. The van der Waals surface area contributed by atoms with Crippen LogP contribution in [0.3, 0.4) is 0 Å². The molecule has 1 aromatic carbocycles. The Labute approximate surface area is 213 Å². The quantitative estimate of drug-likeness (QED) is 0.337. The Kier molecular flexibility index (Phi) is 7.79. The maximum absolute atomic E-state index is 15.0. The Hall–Kier alpha value is -4.30. The summed E-state index contributed by atoms with van der Waals surface area (Å²) < 4.78 is 35.1. The molecule has 192 valence electrons. The Balaban J connectivity index is 1.56. The van der Waals surface area contributed by atoms with Crippen LogP contribution >= 0.6 is 0 Å². The number of nitriles is 1. The van der Waals surface area contributed by atoms with Gasteiger partial charge in [-0.2, -0.15) is 5.26 Å². The molecular formula is C26H28F2N8O. The third kappa shape index (κ3) is 5.59. The minimum Gasteiger partial charge on any atom is -0.434 e. The molecule has 1 aliphatic rings. The molecule has 0 amide bonds. The summed E-state index contributed by atoms with van der Waals surface area (Å²) in [7, 11) is 0. The highest BCUT2D eigenvalue weighted by Crippen LogP contribution is 2.34. The number of ether oxygens (including phenoxy) is 1. The first-order chi connectivity index (χ1) is 17.8. The molecule has 0 atom stereocenters. The van der Waals surface area contributed by atoms with Crippen LogP contribution < -0.4 is 10.1 Å². The number of nitrogens with one attached hydrogen (secondary N) is 2. The van der Waals surface area contributed by atoms with Gasteiger partial charge in [0, 0.05) is 49.0 Å². The summed E-state index contributed by atoms with van der Waals surface area (Å²) in [4.78, 5) is 19.5. The molecule has 37 heavy (non-hydrogen) atoms. The van der Waals surface area contributed by atoms with Crippen molar-refractivity contribution in [2.24, 2.45) is 4.99 Å². The molecule has 0 radical (unpaired) electrons. The molecule has 3 heterocycles. The van der Waals surface area contributed by atoms with Crippen molar-refractivity contribution in [3.8, 4) is 17.7 Å². The molecular weight excluding hydrogens is 478 g/mol. The van der Waals surface area contributed by atoms with Crippen molar-refractivity contribution in [1.82, 2.24) is 24.8 Å². The van der Waals surface area contributed by atoms with E-state index in [2.05, 4.69) is 48.7 Å². The van der Waals surface area contributed by atoms with E-state index in [1.807, 2.05) is 19.1 Å². The zero-order chi connectivity index (χ0) is 26.5. The van der Waals surface area contributed by atoms with Gasteiger partial charge >= 0.3 is 0 Å². The standard InChI is InChI=1S/C26H28F2N8O/c1-5-35-8-10-36(11-9-35)17(3)6-7-22(30-4)34-25-19(14-29)26(32-15-31-25)37-21-13-20(27)24-18(23(21)28)12-16(2)33-24/h6-7,12-13,15,33H,4-5,8-11H2,1-3H3,(H,31,32,34)/b17-6+,22-7+. The summed E-state index contributed by atoms with van der Waals surface area (Å²) >= 11 is 0. The number of nitrogens with zero attached hydrogens (tertiary/aromatic N) is 6. The van der Waals surface area contributed by atoms with Gasteiger partial charge in [0.15, 0.2) is 28.8 Å². The number of hydrogen-bond acceptors (Lipinski definition) is 8. The summed E-state index contributed by atoms with van der Waals surface area (Å²) in [6.45, 7) is 14.4. The fourth-order valence-electron chi connectivity index (χ4n) is 4.13. The Morgan fingerprint density at radius 1 is 1.27 bits per heavy atom. The fourth-order valence-corrected chi connectivity index (χ4v) is 4.13. The van der Waals surface area contributed by atoms with Crippen molar-refractivity contribution in [3.63, 3.8) is 0 Å². The SMILES string of the molecule is C=N/C(=C\C=C(/C)N1CCN(CC)CC1)Nc1ncnc(Oc2cc(F)c3[nH]c(C)cc3c2F)c1C#N. The molecule has 0 aliphatic carbocycles. The van der Waals surface area contributed by atoms with E-state index in [1.54, 1.807) is 13.0 Å². The van der Waals surface area contributed by atoms with Crippen LogP contribution in [0.2, 0.25) is 0 Å². The van der Waals surface area contributed by atoms with Crippen molar-refractivity contribution in [3.05, 3.63) is 65.0 Å². The van der Waals surface area contributed by atoms with E-state index in [0.29, 0.717) is 11.5 Å². The Morgan fingerprint density at radius 3 is 2.70 bits per heavy atom. The predicted molar refractivity (Wildman–Crippen MR) is 138 cm³/mol. The number of aryl methyl sites for hydroxylation is 1. The van der Waals surface area contributed by atoms with Gasteiger partial charge in [-0.1, -0.05) is 6.92 Å². The van der Waals surface area contributed by atoms with Crippen LogP contribution in [0.25, 0.3) is 10.9 Å². The third-order valence-electron chi connectivity index (χ3n) is 6.25. The van der Waals surface area contributed by atoms with Crippen molar-refractivity contribution >= 4 is 23.4 Å². The zero-order valence-electron chi connectivity index (χ0n) is 21.0. The van der Waals surface area contributed by atoms with Crippen LogP contribution in [0.15, 0.2) is 47.1 Å². The van der Waals surface area contributed by atoms with Crippen LogP contribution in [-0.4, -0.2) is 64.2 Å². The number of aliphatic imine (C=N–C) groups is 1. The molecule has 2 N–H and O–H groups in total. The molecule has 1 saturated heterocycles. The predicted octanol–water partition coefficient (Wildman–Crippen LogP) is 4.70. The molecule has 0 bridgehead atoms. The van der Waals surface area contributed by atoms with E-state index in [-0.39, 0.29) is 28.2 Å². The number of benzene rings is 1. The maximum Gasteiger partial charge on any atom is 0.242 e. The molecule has 1 fully saturated rings. The minimum absolute atomic E-state index is 0.0373. The van der Waals surface area contributed by atoms with Gasteiger partial charge in [-0.25, -0.2) is 23.7 Å². The van der Waals surface area contributed by atoms with E-state index in [0.717, 1.165) is 50.8 Å². The second-order valence-corrected chi connectivity index (χ2v) is 8.59. The van der Waals surface area contributed by atoms with Crippen LogP contribution in [0, 0.1) is 29.9 Å². The first-order valence-electron chi connectivity index (χ1n) is 11.8. The second kappa shape index (κ2) is 11.2. The molecule has 4 rings (SSSR count). The lowest BCUT2D eigenvalue weighted by atomic mass is 10.2. The number of aromatic nitrogens is 3. The van der Waals surface area contributed by atoms with Crippen LogP contribution in [0.5, 0.6) is 11.6 Å². The highest BCUT2D eigenvalue weighted by molar-refractivity contribution is 5.83. The molecule has 2 aromatic heterocycles. The number of anilines is 1. The number of piperazine rings is 1. The first-order valence-corrected chi connectivity index (χ1v) is 11.8. The van der Waals surface area contributed by atoms with E-state index in [4.69, 9.17) is 4.74 Å². The molecule has 0 unspecified atom stereocenters. The summed E-state index contributed by atoms with van der Waals surface area (Å²) in [5.41, 5.74) is 1.60. The lowest BCUT2D eigenvalue weighted by Crippen LogP contribution is -2.45. The molecule has 11 heteroatoms. The monoisotopic (exact) mass is 506 g/mol. The number of hydrogen-bond donors (Lipinski definition) is 2. The number of aromatic amines is 1.